The van der Waals surface area contributed by atoms with E-state index in [0.717, 1.165) is 55.2 Å². The quantitative estimate of drug-likeness (QED) is 0.811. The molecular formula is C13H19ClN4O. The van der Waals surface area contributed by atoms with Gasteiger partial charge in [-0.1, -0.05) is 0 Å². The van der Waals surface area contributed by atoms with Crippen LogP contribution in [0.3, 0.4) is 0 Å². The zero-order chi connectivity index (χ0) is 13.4. The van der Waals surface area contributed by atoms with Crippen molar-refractivity contribution in [1.29, 1.82) is 0 Å². The molecule has 0 radical (unpaired) electrons. The maximum absolute atomic E-state index is 5.91. The van der Waals surface area contributed by atoms with Gasteiger partial charge in [0.15, 0.2) is 5.65 Å². The van der Waals surface area contributed by atoms with Gasteiger partial charge >= 0.3 is 0 Å². The molecule has 0 saturated carbocycles. The molecule has 3 heterocycles. The Kier molecular flexibility index (Phi) is 3.50. The number of imidazole rings is 1. The normalized spacial score (nSPS) is 20.3. The van der Waals surface area contributed by atoms with Gasteiger partial charge in [0.2, 0.25) is 0 Å². The minimum absolute atomic E-state index is 0.353. The second-order valence-corrected chi connectivity index (χ2v) is 5.47. The lowest BCUT2D eigenvalue weighted by Crippen LogP contribution is -2.24. The molecule has 0 aromatic carbocycles. The largest absolute Gasteiger partial charge is 0.379 e. The SMILES string of the molecule is Cc1nn(C)c2c1nc(CCCl)n2C1CCCOC1. The van der Waals surface area contributed by atoms with Crippen LogP contribution in [-0.4, -0.2) is 38.4 Å². The molecule has 104 valence electrons. The smallest absolute Gasteiger partial charge is 0.159 e. The second kappa shape index (κ2) is 5.13. The van der Waals surface area contributed by atoms with E-state index in [1.807, 2.05) is 18.7 Å². The first kappa shape index (κ1) is 12.9. The molecule has 2 aromatic rings. The highest BCUT2D eigenvalue weighted by Gasteiger charge is 2.24. The summed E-state index contributed by atoms with van der Waals surface area (Å²) in [5.41, 5.74) is 3.06. The summed E-state index contributed by atoms with van der Waals surface area (Å²) in [5, 5.41) is 4.47. The topological polar surface area (TPSA) is 44.9 Å². The van der Waals surface area contributed by atoms with E-state index in [1.54, 1.807) is 0 Å². The molecule has 2 aromatic heterocycles. The standard InChI is InChI=1S/C13H19ClN4O/c1-9-12-13(17(2)16-9)18(11(15-12)5-6-14)10-4-3-7-19-8-10/h10H,3-8H2,1-2H3. The maximum Gasteiger partial charge on any atom is 0.159 e. The average Bonchev–Trinajstić information content (AvgIpc) is 2.91. The number of fused-ring (bicyclic) bond motifs is 1. The molecule has 1 unspecified atom stereocenters. The van der Waals surface area contributed by atoms with Crippen molar-refractivity contribution < 1.29 is 4.74 Å². The van der Waals surface area contributed by atoms with Gasteiger partial charge in [-0.3, -0.25) is 4.68 Å². The lowest BCUT2D eigenvalue weighted by atomic mass is 10.1. The number of hydrogen-bond donors (Lipinski definition) is 0. The Morgan fingerprint density at radius 3 is 3.00 bits per heavy atom. The summed E-state index contributed by atoms with van der Waals surface area (Å²) in [6, 6.07) is 0.353. The molecular weight excluding hydrogens is 264 g/mol. The second-order valence-electron chi connectivity index (χ2n) is 5.09. The molecule has 1 fully saturated rings. The first-order chi connectivity index (χ1) is 9.22. The molecule has 5 nitrogen and oxygen atoms in total. The monoisotopic (exact) mass is 282 g/mol. The third kappa shape index (κ3) is 2.15. The van der Waals surface area contributed by atoms with Gasteiger partial charge in [0, 0.05) is 26.0 Å². The highest BCUT2D eigenvalue weighted by molar-refractivity contribution is 6.17. The van der Waals surface area contributed by atoms with Crippen LogP contribution in [0.4, 0.5) is 0 Å². The van der Waals surface area contributed by atoms with E-state index in [0.29, 0.717) is 11.9 Å². The fourth-order valence-electron chi connectivity index (χ4n) is 2.91. The lowest BCUT2D eigenvalue weighted by molar-refractivity contribution is 0.0592. The molecule has 0 aliphatic carbocycles. The van der Waals surface area contributed by atoms with Crippen LogP contribution in [-0.2, 0) is 18.2 Å². The van der Waals surface area contributed by atoms with E-state index < -0.39 is 0 Å². The summed E-state index contributed by atoms with van der Waals surface area (Å²) in [6.07, 6.45) is 3.01. The summed E-state index contributed by atoms with van der Waals surface area (Å²) in [7, 11) is 1.97. The fraction of sp³-hybridized carbons (Fsp3) is 0.692. The van der Waals surface area contributed by atoms with Gasteiger partial charge < -0.3 is 9.30 Å². The van der Waals surface area contributed by atoms with E-state index in [-0.39, 0.29) is 0 Å². The fourth-order valence-corrected chi connectivity index (χ4v) is 3.08. The van der Waals surface area contributed by atoms with Crippen LogP contribution >= 0.6 is 11.6 Å². The van der Waals surface area contributed by atoms with Crippen LogP contribution in [0.5, 0.6) is 0 Å². The van der Waals surface area contributed by atoms with Crippen LogP contribution in [0.2, 0.25) is 0 Å². The van der Waals surface area contributed by atoms with Gasteiger partial charge in [-0.25, -0.2) is 4.98 Å². The summed E-state index contributed by atoms with van der Waals surface area (Å²) < 4.78 is 9.83. The summed E-state index contributed by atoms with van der Waals surface area (Å²) in [5.74, 6) is 1.64. The third-order valence-corrected chi connectivity index (χ3v) is 3.92. The van der Waals surface area contributed by atoms with Gasteiger partial charge in [0.1, 0.15) is 11.3 Å². The third-order valence-electron chi connectivity index (χ3n) is 3.73. The Morgan fingerprint density at radius 2 is 2.32 bits per heavy atom. The molecule has 1 saturated heterocycles. The van der Waals surface area contributed by atoms with Gasteiger partial charge in [0.05, 0.1) is 18.3 Å². The predicted octanol–water partition coefficient (Wildman–Crippen LogP) is 2.21. The number of aryl methyl sites for hydroxylation is 3. The van der Waals surface area contributed by atoms with Crippen LogP contribution in [0.25, 0.3) is 11.2 Å². The molecule has 1 atom stereocenters. The molecule has 0 bridgehead atoms. The van der Waals surface area contributed by atoms with Crippen molar-refractivity contribution in [2.24, 2.45) is 7.05 Å². The van der Waals surface area contributed by atoms with Crippen molar-refractivity contribution in [3.05, 3.63) is 11.5 Å². The minimum atomic E-state index is 0.353. The Labute approximate surface area is 117 Å². The van der Waals surface area contributed by atoms with Gasteiger partial charge in [-0.05, 0) is 19.8 Å². The van der Waals surface area contributed by atoms with Crippen LogP contribution in [0.15, 0.2) is 0 Å². The predicted molar refractivity (Wildman–Crippen MR) is 74.8 cm³/mol. The molecule has 0 N–H and O–H groups in total. The number of alkyl halides is 1. The summed E-state index contributed by atoms with van der Waals surface area (Å²) >= 11 is 5.91. The molecule has 6 heteroatoms. The number of halogens is 1. The molecule has 0 spiro atoms. The van der Waals surface area contributed by atoms with E-state index in [2.05, 4.69) is 9.67 Å². The average molecular weight is 283 g/mol. The van der Waals surface area contributed by atoms with Crippen molar-refractivity contribution in [1.82, 2.24) is 19.3 Å². The first-order valence-corrected chi connectivity index (χ1v) is 7.30. The molecule has 1 aliphatic heterocycles. The highest BCUT2D eigenvalue weighted by atomic mass is 35.5. The van der Waals surface area contributed by atoms with Crippen molar-refractivity contribution in [3.8, 4) is 0 Å². The zero-order valence-corrected chi connectivity index (χ0v) is 12.2. The zero-order valence-electron chi connectivity index (χ0n) is 11.4. The molecule has 0 amide bonds. The van der Waals surface area contributed by atoms with Crippen molar-refractivity contribution in [2.75, 3.05) is 19.1 Å². The Bertz CT molecular complexity index is 583. The van der Waals surface area contributed by atoms with Crippen LogP contribution < -0.4 is 0 Å². The van der Waals surface area contributed by atoms with Crippen molar-refractivity contribution >= 4 is 22.8 Å². The lowest BCUT2D eigenvalue weighted by Gasteiger charge is -2.25. The van der Waals surface area contributed by atoms with Crippen molar-refractivity contribution in [2.45, 2.75) is 32.2 Å². The van der Waals surface area contributed by atoms with E-state index in [1.165, 1.54) is 0 Å². The number of ether oxygens (including phenoxy) is 1. The molecule has 1 aliphatic rings. The van der Waals surface area contributed by atoms with Crippen LogP contribution in [0.1, 0.15) is 30.4 Å². The van der Waals surface area contributed by atoms with Gasteiger partial charge in [-0.15, -0.1) is 11.6 Å². The van der Waals surface area contributed by atoms with Gasteiger partial charge in [0.25, 0.3) is 0 Å². The Balaban J connectivity index is 2.14. The number of nitrogens with zero attached hydrogens (tertiary/aromatic N) is 4. The maximum atomic E-state index is 5.91. The molecule has 19 heavy (non-hydrogen) atoms. The Hall–Kier alpha value is -1.07. The summed E-state index contributed by atoms with van der Waals surface area (Å²) in [4.78, 5) is 4.74. The first-order valence-electron chi connectivity index (χ1n) is 6.76. The van der Waals surface area contributed by atoms with Crippen LogP contribution in [0, 0.1) is 6.92 Å². The van der Waals surface area contributed by atoms with E-state index >= 15 is 0 Å². The van der Waals surface area contributed by atoms with E-state index in [9.17, 15) is 0 Å². The van der Waals surface area contributed by atoms with E-state index in [4.69, 9.17) is 21.3 Å². The number of rotatable bonds is 3. The molecule has 3 rings (SSSR count). The summed E-state index contributed by atoms with van der Waals surface area (Å²) in [6.45, 7) is 3.62. The number of aromatic nitrogens is 4. The van der Waals surface area contributed by atoms with Crippen molar-refractivity contribution in [3.63, 3.8) is 0 Å². The highest BCUT2D eigenvalue weighted by Crippen LogP contribution is 2.28. The Morgan fingerprint density at radius 1 is 1.47 bits per heavy atom. The number of hydrogen-bond acceptors (Lipinski definition) is 3. The minimum Gasteiger partial charge on any atom is -0.379 e. The van der Waals surface area contributed by atoms with Gasteiger partial charge in [-0.2, -0.15) is 5.10 Å².